The Morgan fingerprint density at radius 3 is 2.86 bits per heavy atom. The Morgan fingerprint density at radius 1 is 1.19 bits per heavy atom. The first-order valence-electron chi connectivity index (χ1n) is 8.39. The minimum atomic E-state index is 0.321. The molecular weight excluding hydrogens is 258 g/mol. The maximum absolute atomic E-state index is 9.08. The average molecular weight is 283 g/mol. The quantitative estimate of drug-likeness (QED) is 0.499. The van der Waals surface area contributed by atoms with E-state index in [4.69, 9.17) is 5.21 Å². The molecule has 0 aliphatic heterocycles. The van der Waals surface area contributed by atoms with Crippen molar-refractivity contribution in [3.05, 3.63) is 35.5 Å². The second-order valence-electron chi connectivity index (χ2n) is 7.87. The Kier molecular flexibility index (Phi) is 2.76. The van der Waals surface area contributed by atoms with Crippen LogP contribution in [0.4, 0.5) is 0 Å². The van der Waals surface area contributed by atoms with Crippen LogP contribution in [0.1, 0.15) is 52.4 Å². The summed E-state index contributed by atoms with van der Waals surface area (Å²) in [5.74, 6) is 1.53. The van der Waals surface area contributed by atoms with Crippen LogP contribution in [-0.4, -0.2) is 10.9 Å². The third-order valence-corrected chi connectivity index (χ3v) is 6.91. The molecule has 112 valence electrons. The van der Waals surface area contributed by atoms with Gasteiger partial charge in [-0.15, -0.1) is 0 Å². The number of fused-ring (bicyclic) bond motifs is 5. The first-order chi connectivity index (χ1) is 10.1. The van der Waals surface area contributed by atoms with E-state index in [0.29, 0.717) is 10.8 Å². The zero-order chi connectivity index (χ0) is 14.7. The van der Waals surface area contributed by atoms with E-state index in [0.717, 1.165) is 30.4 Å². The highest BCUT2D eigenvalue weighted by Crippen LogP contribution is 2.62. The maximum Gasteiger partial charge on any atom is 0.0795 e. The fourth-order valence-corrected chi connectivity index (χ4v) is 5.58. The normalized spacial score (nSPS) is 46.5. The zero-order valence-electron chi connectivity index (χ0n) is 13.1. The van der Waals surface area contributed by atoms with Gasteiger partial charge >= 0.3 is 0 Å². The van der Waals surface area contributed by atoms with Gasteiger partial charge in [0, 0.05) is 5.41 Å². The third-order valence-electron chi connectivity index (χ3n) is 6.91. The monoisotopic (exact) mass is 283 g/mol. The first kappa shape index (κ1) is 13.4. The van der Waals surface area contributed by atoms with Crippen molar-refractivity contribution in [1.29, 1.82) is 0 Å². The summed E-state index contributed by atoms with van der Waals surface area (Å²) >= 11 is 0. The van der Waals surface area contributed by atoms with Crippen LogP contribution >= 0.6 is 0 Å². The molecule has 2 heteroatoms. The van der Waals surface area contributed by atoms with Gasteiger partial charge < -0.3 is 5.21 Å². The number of nitrogens with zero attached hydrogens (tertiary/aromatic N) is 1. The van der Waals surface area contributed by atoms with Crippen molar-refractivity contribution >= 4 is 5.71 Å². The summed E-state index contributed by atoms with van der Waals surface area (Å²) in [7, 11) is 0. The van der Waals surface area contributed by atoms with Crippen LogP contribution in [0.15, 0.2) is 40.6 Å². The second kappa shape index (κ2) is 4.34. The van der Waals surface area contributed by atoms with Crippen LogP contribution in [0, 0.1) is 22.7 Å². The Morgan fingerprint density at radius 2 is 2.05 bits per heavy atom. The highest BCUT2D eigenvalue weighted by Gasteiger charge is 2.52. The fraction of sp³-hybridized carbons (Fsp3) is 0.632. The molecule has 21 heavy (non-hydrogen) atoms. The van der Waals surface area contributed by atoms with Gasteiger partial charge in [-0.05, 0) is 61.9 Å². The molecule has 0 spiro atoms. The molecule has 1 N–H and O–H groups in total. The molecule has 0 saturated heterocycles. The van der Waals surface area contributed by atoms with Gasteiger partial charge in [-0.25, -0.2) is 0 Å². The predicted molar refractivity (Wildman–Crippen MR) is 85.4 cm³/mol. The lowest BCUT2D eigenvalue weighted by molar-refractivity contribution is 0.0698. The summed E-state index contributed by atoms with van der Waals surface area (Å²) in [6.07, 6.45) is 16.4. The summed E-state index contributed by atoms with van der Waals surface area (Å²) in [5, 5.41) is 12.5. The van der Waals surface area contributed by atoms with Gasteiger partial charge in [0.25, 0.3) is 0 Å². The Labute approximate surface area is 127 Å². The Bertz CT molecular complexity index is 597. The van der Waals surface area contributed by atoms with E-state index in [9.17, 15) is 0 Å². The smallest absolute Gasteiger partial charge is 0.0795 e. The minimum absolute atomic E-state index is 0.321. The molecule has 2 saturated carbocycles. The van der Waals surface area contributed by atoms with Gasteiger partial charge in [-0.3, -0.25) is 0 Å². The second-order valence-corrected chi connectivity index (χ2v) is 7.87. The lowest BCUT2D eigenvalue weighted by Crippen LogP contribution is -2.46. The minimum Gasteiger partial charge on any atom is -0.411 e. The van der Waals surface area contributed by atoms with Crippen molar-refractivity contribution in [2.45, 2.75) is 52.4 Å². The van der Waals surface area contributed by atoms with Gasteiger partial charge in [0.05, 0.1) is 5.71 Å². The van der Waals surface area contributed by atoms with Gasteiger partial charge in [0.2, 0.25) is 0 Å². The lowest BCUT2D eigenvalue weighted by Gasteiger charge is -2.55. The van der Waals surface area contributed by atoms with Crippen LogP contribution in [0.2, 0.25) is 0 Å². The summed E-state index contributed by atoms with van der Waals surface area (Å²) in [6, 6.07) is 0. The van der Waals surface area contributed by atoms with Crippen molar-refractivity contribution < 1.29 is 5.21 Å². The van der Waals surface area contributed by atoms with E-state index in [-0.39, 0.29) is 0 Å². The van der Waals surface area contributed by atoms with Crippen molar-refractivity contribution in [2.24, 2.45) is 27.8 Å². The summed E-state index contributed by atoms with van der Waals surface area (Å²) in [4.78, 5) is 0. The van der Waals surface area contributed by atoms with Gasteiger partial charge in [0.1, 0.15) is 0 Å². The van der Waals surface area contributed by atoms with Crippen LogP contribution in [0.3, 0.4) is 0 Å². The van der Waals surface area contributed by atoms with E-state index in [2.05, 4.69) is 43.3 Å². The highest BCUT2D eigenvalue weighted by molar-refractivity contribution is 5.96. The van der Waals surface area contributed by atoms with E-state index < -0.39 is 0 Å². The number of allylic oxidation sites excluding steroid dienone is 6. The van der Waals surface area contributed by atoms with Crippen LogP contribution in [-0.2, 0) is 0 Å². The topological polar surface area (TPSA) is 32.6 Å². The zero-order valence-corrected chi connectivity index (χ0v) is 13.1. The molecule has 4 rings (SSSR count). The molecule has 2 nitrogen and oxygen atoms in total. The molecule has 2 fully saturated rings. The van der Waals surface area contributed by atoms with Crippen molar-refractivity contribution in [3.8, 4) is 0 Å². The standard InChI is InChI=1S/C19H25NO/c1-18-9-3-4-16(18)15-6-5-13-12-14(20-21)7-11-19(13,2)17(15)8-10-18/h3-4,9,12,15,17,21H,5-8,10-11H2,1-2H3/b20-14+. The largest absolute Gasteiger partial charge is 0.411 e. The van der Waals surface area contributed by atoms with E-state index >= 15 is 0 Å². The maximum atomic E-state index is 9.08. The molecule has 4 atom stereocenters. The van der Waals surface area contributed by atoms with Crippen molar-refractivity contribution in [1.82, 2.24) is 0 Å². The van der Waals surface area contributed by atoms with E-state index in [1.165, 1.54) is 31.3 Å². The Balaban J connectivity index is 1.72. The molecule has 4 aliphatic carbocycles. The van der Waals surface area contributed by atoms with Gasteiger partial charge in [-0.1, -0.05) is 48.4 Å². The summed E-state index contributed by atoms with van der Waals surface area (Å²) < 4.78 is 0. The summed E-state index contributed by atoms with van der Waals surface area (Å²) in [5.41, 5.74) is 4.77. The van der Waals surface area contributed by atoms with Crippen LogP contribution in [0.5, 0.6) is 0 Å². The molecule has 0 aromatic rings. The number of oxime groups is 1. The molecule has 0 bridgehead atoms. The SMILES string of the molecule is CC12C=CC=C1C1CCC3=C/C(=N/O)CCC3(C)C1CC2. The van der Waals surface area contributed by atoms with Crippen molar-refractivity contribution in [3.63, 3.8) is 0 Å². The van der Waals surface area contributed by atoms with E-state index in [1.54, 1.807) is 5.57 Å². The molecule has 0 aromatic heterocycles. The molecule has 0 amide bonds. The molecule has 0 radical (unpaired) electrons. The molecule has 0 heterocycles. The molecule has 4 unspecified atom stereocenters. The third kappa shape index (κ3) is 1.74. The number of hydrogen-bond donors (Lipinski definition) is 1. The molecule has 4 aliphatic rings. The van der Waals surface area contributed by atoms with Crippen molar-refractivity contribution in [2.75, 3.05) is 0 Å². The highest BCUT2D eigenvalue weighted by atomic mass is 16.4. The summed E-state index contributed by atoms with van der Waals surface area (Å²) in [6.45, 7) is 4.89. The lowest BCUT2D eigenvalue weighted by atomic mass is 9.49. The molecular formula is C19H25NO. The van der Waals surface area contributed by atoms with Gasteiger partial charge in [-0.2, -0.15) is 0 Å². The molecule has 0 aromatic carbocycles. The number of hydrogen-bond acceptors (Lipinski definition) is 2. The van der Waals surface area contributed by atoms with E-state index in [1.807, 2.05) is 0 Å². The Hall–Kier alpha value is -1.31. The predicted octanol–water partition coefficient (Wildman–Crippen LogP) is 4.87. The van der Waals surface area contributed by atoms with Crippen LogP contribution < -0.4 is 0 Å². The fourth-order valence-electron chi connectivity index (χ4n) is 5.58. The first-order valence-corrected chi connectivity index (χ1v) is 8.39. The van der Waals surface area contributed by atoms with Crippen LogP contribution in [0.25, 0.3) is 0 Å². The van der Waals surface area contributed by atoms with Gasteiger partial charge in [0.15, 0.2) is 0 Å². The average Bonchev–Trinajstić information content (AvgIpc) is 2.88. The number of rotatable bonds is 0.